The molecular weight excluding hydrogens is 398 g/mol. The van der Waals surface area contributed by atoms with Gasteiger partial charge in [-0.1, -0.05) is 18.7 Å². The molecule has 0 bridgehead atoms. The molecule has 3 aromatic rings. The molecule has 0 saturated heterocycles. The summed E-state index contributed by atoms with van der Waals surface area (Å²) in [5.74, 6) is 1.01. The van der Waals surface area contributed by atoms with Crippen LogP contribution in [-0.2, 0) is 10.0 Å². The first kappa shape index (κ1) is 20.1. The summed E-state index contributed by atoms with van der Waals surface area (Å²) in [6.45, 7) is 3.89. The lowest BCUT2D eigenvalue weighted by Crippen LogP contribution is -2.16. The molecule has 0 unspecified atom stereocenters. The third-order valence-corrected chi connectivity index (χ3v) is 6.05. The molecule has 28 heavy (non-hydrogen) atoms. The lowest BCUT2D eigenvalue weighted by molar-refractivity contribution is 0.415. The van der Waals surface area contributed by atoms with Crippen LogP contribution in [0.2, 0.25) is 0 Å². The molecule has 0 aliphatic rings. The number of anilines is 2. The molecule has 3 N–H and O–H groups in total. The second-order valence-electron chi connectivity index (χ2n) is 6.24. The fourth-order valence-electron chi connectivity index (χ4n) is 3.10. The van der Waals surface area contributed by atoms with E-state index in [4.69, 9.17) is 22.1 Å². The highest BCUT2D eigenvalue weighted by atomic mass is 35.5. The van der Waals surface area contributed by atoms with Gasteiger partial charge in [-0.3, -0.25) is 4.72 Å². The van der Waals surface area contributed by atoms with Crippen molar-refractivity contribution in [2.45, 2.75) is 6.42 Å². The highest BCUT2D eigenvalue weighted by Gasteiger charge is 2.16. The molecular formula is C20H22ClN3O3S. The number of sulfonamides is 1. The molecule has 1 heterocycles. The maximum absolute atomic E-state index is 12.0. The summed E-state index contributed by atoms with van der Waals surface area (Å²) in [6, 6.07) is 12.7. The first-order valence-electron chi connectivity index (χ1n) is 8.67. The van der Waals surface area contributed by atoms with Crippen LogP contribution in [0, 0.1) is 0 Å². The summed E-state index contributed by atoms with van der Waals surface area (Å²) in [7, 11) is -1.81. The van der Waals surface area contributed by atoms with E-state index in [0.717, 1.165) is 27.9 Å². The first-order valence-corrected chi connectivity index (χ1v) is 10.9. The maximum atomic E-state index is 12.0. The number of methoxy groups -OCH3 is 1. The molecule has 0 atom stereocenters. The van der Waals surface area contributed by atoms with Gasteiger partial charge < -0.3 is 15.0 Å². The number of rotatable bonds is 8. The summed E-state index contributed by atoms with van der Waals surface area (Å²) in [4.78, 5) is 0. The molecule has 1 aromatic heterocycles. The number of nitrogens with zero attached hydrogens (tertiary/aromatic N) is 1. The summed E-state index contributed by atoms with van der Waals surface area (Å²) in [6.07, 6.45) is 2.09. The minimum absolute atomic E-state index is 0.0161. The Morgan fingerprint density at radius 1 is 1.25 bits per heavy atom. The number of hydrogen-bond donors (Lipinski definition) is 2. The average molecular weight is 420 g/mol. The third-order valence-electron chi connectivity index (χ3n) is 4.41. The fraction of sp³-hybridized carbons (Fsp3) is 0.200. The van der Waals surface area contributed by atoms with Crippen LogP contribution in [0.15, 0.2) is 49.0 Å². The van der Waals surface area contributed by atoms with E-state index in [1.54, 1.807) is 25.4 Å². The Bertz CT molecular complexity index is 1110. The Kier molecular flexibility index (Phi) is 5.86. The molecule has 0 aliphatic heterocycles. The van der Waals surface area contributed by atoms with Crippen LogP contribution in [0.4, 0.5) is 11.4 Å². The SMILES string of the molecule is C=Cn1c(-c2ccc(NS(=O)(=O)CCCCl)cc2)c(N)c2ccc(OC)cc21. The highest BCUT2D eigenvalue weighted by molar-refractivity contribution is 7.92. The molecule has 0 amide bonds. The van der Waals surface area contributed by atoms with Gasteiger partial charge in [-0.05, 0) is 30.7 Å². The van der Waals surface area contributed by atoms with Gasteiger partial charge in [-0.25, -0.2) is 8.42 Å². The van der Waals surface area contributed by atoms with Crippen LogP contribution in [0.3, 0.4) is 0 Å². The van der Waals surface area contributed by atoms with Crippen molar-refractivity contribution in [2.75, 3.05) is 29.2 Å². The van der Waals surface area contributed by atoms with Crippen LogP contribution in [0.5, 0.6) is 5.75 Å². The van der Waals surface area contributed by atoms with E-state index in [1.165, 1.54) is 0 Å². The van der Waals surface area contributed by atoms with Gasteiger partial charge >= 0.3 is 0 Å². The van der Waals surface area contributed by atoms with Crippen molar-refractivity contribution >= 4 is 50.1 Å². The molecule has 2 aromatic carbocycles. The summed E-state index contributed by atoms with van der Waals surface area (Å²) in [5.41, 5.74) is 10.0. The maximum Gasteiger partial charge on any atom is 0.232 e. The van der Waals surface area contributed by atoms with E-state index >= 15 is 0 Å². The van der Waals surface area contributed by atoms with Gasteiger partial charge in [0.15, 0.2) is 0 Å². The molecule has 148 valence electrons. The topological polar surface area (TPSA) is 86.4 Å². The number of nitrogens with two attached hydrogens (primary N) is 1. The van der Waals surface area contributed by atoms with Gasteiger partial charge in [0.05, 0.1) is 29.8 Å². The largest absolute Gasteiger partial charge is 0.497 e. The molecule has 0 fully saturated rings. The van der Waals surface area contributed by atoms with E-state index in [1.807, 2.05) is 34.9 Å². The summed E-state index contributed by atoms with van der Waals surface area (Å²) in [5, 5.41) is 0.890. The van der Waals surface area contributed by atoms with E-state index < -0.39 is 10.0 Å². The van der Waals surface area contributed by atoms with Crippen LogP contribution < -0.4 is 15.2 Å². The van der Waals surface area contributed by atoms with Crippen molar-refractivity contribution in [1.82, 2.24) is 4.57 Å². The zero-order valence-electron chi connectivity index (χ0n) is 15.5. The molecule has 0 radical (unpaired) electrons. The van der Waals surface area contributed by atoms with Gasteiger partial charge in [-0.2, -0.15) is 0 Å². The van der Waals surface area contributed by atoms with Crippen LogP contribution in [0.25, 0.3) is 28.4 Å². The molecule has 0 spiro atoms. The summed E-state index contributed by atoms with van der Waals surface area (Å²) >= 11 is 5.57. The normalized spacial score (nSPS) is 11.5. The number of hydrogen-bond acceptors (Lipinski definition) is 4. The van der Waals surface area contributed by atoms with Crippen molar-refractivity contribution < 1.29 is 13.2 Å². The van der Waals surface area contributed by atoms with Crippen molar-refractivity contribution in [1.29, 1.82) is 0 Å². The Morgan fingerprint density at radius 2 is 1.96 bits per heavy atom. The van der Waals surface area contributed by atoms with Gasteiger partial charge in [-0.15, -0.1) is 11.6 Å². The predicted octanol–water partition coefficient (Wildman–Crippen LogP) is 4.37. The fourth-order valence-corrected chi connectivity index (χ4v) is 4.51. The van der Waals surface area contributed by atoms with Gasteiger partial charge in [0.1, 0.15) is 5.75 Å². The number of ether oxygens (including phenoxy) is 1. The quantitative estimate of drug-likeness (QED) is 0.531. The molecule has 0 aliphatic carbocycles. The number of benzene rings is 2. The van der Waals surface area contributed by atoms with E-state index in [9.17, 15) is 8.42 Å². The third kappa shape index (κ3) is 3.95. The number of aromatic nitrogens is 1. The number of nitrogens with one attached hydrogen (secondary N) is 1. The number of fused-ring (bicyclic) bond motifs is 1. The molecule has 6 nitrogen and oxygen atoms in total. The standard InChI is InChI=1S/C20H22ClN3O3S/c1-3-24-18-13-16(27-2)9-10-17(18)19(22)20(24)14-5-7-15(8-6-14)23-28(25,26)12-4-11-21/h3,5-10,13,23H,1,4,11-12,22H2,2H3. The Balaban J connectivity index is 1.99. The Labute approximate surface area is 169 Å². The average Bonchev–Trinajstić information content (AvgIpc) is 2.98. The smallest absolute Gasteiger partial charge is 0.232 e. The van der Waals surface area contributed by atoms with Crippen LogP contribution in [0.1, 0.15) is 6.42 Å². The van der Waals surface area contributed by atoms with Crippen molar-refractivity contribution in [3.8, 4) is 17.0 Å². The zero-order valence-corrected chi connectivity index (χ0v) is 17.1. The second kappa shape index (κ2) is 8.16. The number of alkyl halides is 1. The van der Waals surface area contributed by atoms with E-state index in [2.05, 4.69) is 11.3 Å². The molecule has 8 heteroatoms. The van der Waals surface area contributed by atoms with Crippen molar-refractivity contribution in [3.05, 3.63) is 49.0 Å². The Hall–Kier alpha value is -2.64. The van der Waals surface area contributed by atoms with Crippen molar-refractivity contribution in [3.63, 3.8) is 0 Å². The molecule has 3 rings (SSSR count). The lowest BCUT2D eigenvalue weighted by Gasteiger charge is -2.10. The molecule has 0 saturated carbocycles. The van der Waals surface area contributed by atoms with E-state index in [0.29, 0.717) is 23.7 Å². The lowest BCUT2D eigenvalue weighted by atomic mass is 10.1. The van der Waals surface area contributed by atoms with Gasteiger partial charge in [0, 0.05) is 34.8 Å². The number of halogens is 1. The van der Waals surface area contributed by atoms with E-state index in [-0.39, 0.29) is 5.75 Å². The van der Waals surface area contributed by atoms with Crippen LogP contribution >= 0.6 is 11.6 Å². The minimum Gasteiger partial charge on any atom is -0.497 e. The van der Waals surface area contributed by atoms with Crippen molar-refractivity contribution in [2.24, 2.45) is 0 Å². The zero-order chi connectivity index (χ0) is 20.3. The highest BCUT2D eigenvalue weighted by Crippen LogP contribution is 2.38. The second-order valence-corrected chi connectivity index (χ2v) is 8.46. The van der Waals surface area contributed by atoms with Gasteiger partial charge in [0.25, 0.3) is 0 Å². The van der Waals surface area contributed by atoms with Gasteiger partial charge in [0.2, 0.25) is 10.0 Å². The number of nitrogen functional groups attached to an aromatic ring is 1. The Morgan fingerprint density at radius 3 is 2.57 bits per heavy atom. The predicted molar refractivity (Wildman–Crippen MR) is 117 cm³/mol. The monoisotopic (exact) mass is 419 g/mol. The summed E-state index contributed by atoms with van der Waals surface area (Å²) < 4.78 is 33.8. The minimum atomic E-state index is -3.42. The van der Waals surface area contributed by atoms with Crippen LogP contribution in [-0.4, -0.2) is 31.7 Å². The first-order chi connectivity index (χ1) is 13.4.